The molecule has 19 heteroatoms. The minimum Gasteiger partial charge on any atom is -0.494 e. The highest BCUT2D eigenvalue weighted by atomic mass is 19.4. The molecule has 1 N–H and O–H groups in total. The van der Waals surface area contributed by atoms with E-state index in [0.717, 1.165) is 19.2 Å². The van der Waals surface area contributed by atoms with Crippen molar-refractivity contribution in [1.29, 1.82) is 0 Å². The lowest BCUT2D eigenvalue weighted by Crippen LogP contribution is -2.53. The number of carbonyl (C=O) groups is 1. The molecule has 2 unspecified atom stereocenters. The number of ether oxygens (including phenoxy) is 2. The fourth-order valence-electron chi connectivity index (χ4n) is 3.80. The fraction of sp³-hybridized carbons (Fsp3) is 0.500. The molecule has 41 heavy (non-hydrogen) atoms. The topological polar surface area (TPSA) is 107 Å². The van der Waals surface area contributed by atoms with Gasteiger partial charge in [-0.2, -0.15) is 44.5 Å². The number of amides is 2. The highest BCUT2D eigenvalue weighted by Crippen LogP contribution is 2.40. The van der Waals surface area contributed by atoms with Crippen LogP contribution in [0.2, 0.25) is 0 Å². The van der Waals surface area contributed by atoms with E-state index in [4.69, 9.17) is 9.47 Å². The first-order valence-corrected chi connectivity index (χ1v) is 11.6. The molecule has 226 valence electrons. The number of fused-ring (bicyclic) bond motifs is 1. The van der Waals surface area contributed by atoms with Crippen LogP contribution in [0.25, 0.3) is 17.0 Å². The molecular formula is C22H22F9N7O3. The number of nitrogens with one attached hydrogen (secondary N) is 1. The van der Waals surface area contributed by atoms with Crippen molar-refractivity contribution in [2.24, 2.45) is 0 Å². The number of methoxy groups -OCH3 is 2. The second-order valence-corrected chi connectivity index (χ2v) is 8.38. The zero-order valence-electron chi connectivity index (χ0n) is 21.4. The zero-order chi connectivity index (χ0) is 30.8. The summed E-state index contributed by atoms with van der Waals surface area (Å²) in [5, 5.41) is 5.42. The molecule has 2 atom stereocenters. The van der Waals surface area contributed by atoms with Crippen LogP contribution in [0.3, 0.4) is 0 Å². The zero-order valence-corrected chi connectivity index (χ0v) is 21.4. The van der Waals surface area contributed by atoms with E-state index in [1.165, 1.54) is 36.4 Å². The van der Waals surface area contributed by atoms with Crippen LogP contribution < -0.4 is 14.8 Å². The third kappa shape index (κ3) is 7.37. The van der Waals surface area contributed by atoms with Crippen molar-refractivity contribution in [2.45, 2.75) is 50.4 Å². The van der Waals surface area contributed by atoms with Crippen LogP contribution in [0.15, 0.2) is 24.7 Å². The van der Waals surface area contributed by atoms with Crippen molar-refractivity contribution in [1.82, 2.24) is 34.8 Å². The lowest BCUT2D eigenvalue weighted by Gasteiger charge is -2.34. The molecule has 0 aliphatic rings. The van der Waals surface area contributed by atoms with E-state index >= 15 is 0 Å². The maximum Gasteiger partial charge on any atom is 0.414 e. The number of hydrogen-bond donors (Lipinski definition) is 1. The van der Waals surface area contributed by atoms with Gasteiger partial charge in [-0.05, 0) is 19.4 Å². The first-order chi connectivity index (χ1) is 19.0. The third-order valence-corrected chi connectivity index (χ3v) is 5.68. The van der Waals surface area contributed by atoms with Gasteiger partial charge in [0, 0.05) is 25.4 Å². The van der Waals surface area contributed by atoms with E-state index in [2.05, 4.69) is 20.1 Å². The van der Waals surface area contributed by atoms with Gasteiger partial charge in [0.15, 0.2) is 11.9 Å². The van der Waals surface area contributed by atoms with Gasteiger partial charge in [-0.25, -0.2) is 14.3 Å². The van der Waals surface area contributed by atoms with Gasteiger partial charge in [0.25, 0.3) is 5.88 Å². The van der Waals surface area contributed by atoms with Crippen molar-refractivity contribution in [2.75, 3.05) is 20.8 Å². The molecule has 0 aliphatic carbocycles. The first-order valence-electron chi connectivity index (χ1n) is 11.6. The predicted octanol–water partition coefficient (Wildman–Crippen LogP) is 5.11. The standard InChI is InChI=1S/C22H22F9N7O3/c1-4-37(19(39)34-14(21(26,27)28)5-6-20(23,24)25)15(22(29,30)31)12-9-11(13(40-2)10-33-12)16-35-18(41-3)17-32-7-8-38(17)36-16/h7-10,14-15H,4-6H2,1-3H3,(H,34,39). The Morgan fingerprint density at radius 2 is 1.73 bits per heavy atom. The van der Waals surface area contributed by atoms with Crippen molar-refractivity contribution >= 4 is 11.7 Å². The van der Waals surface area contributed by atoms with Gasteiger partial charge >= 0.3 is 24.6 Å². The maximum absolute atomic E-state index is 14.4. The van der Waals surface area contributed by atoms with Gasteiger partial charge in [-0.1, -0.05) is 0 Å². The Hall–Kier alpha value is -4.06. The van der Waals surface area contributed by atoms with Gasteiger partial charge in [0.2, 0.25) is 5.65 Å². The molecular weight excluding hydrogens is 581 g/mol. The van der Waals surface area contributed by atoms with Crippen LogP contribution in [-0.4, -0.2) is 80.8 Å². The largest absolute Gasteiger partial charge is 0.494 e. The summed E-state index contributed by atoms with van der Waals surface area (Å²) in [4.78, 5) is 24.5. The number of aromatic nitrogens is 5. The highest BCUT2D eigenvalue weighted by molar-refractivity contribution is 5.75. The number of urea groups is 1. The molecule has 0 spiro atoms. The lowest BCUT2D eigenvalue weighted by atomic mass is 10.1. The number of nitrogens with zero attached hydrogens (tertiary/aromatic N) is 6. The van der Waals surface area contributed by atoms with Gasteiger partial charge in [-0.3, -0.25) is 4.98 Å². The molecule has 2 amide bonds. The molecule has 0 aliphatic heterocycles. The molecule has 0 bridgehead atoms. The van der Waals surface area contributed by atoms with Crippen molar-refractivity contribution < 1.29 is 53.8 Å². The Kier molecular flexibility index (Phi) is 9.07. The van der Waals surface area contributed by atoms with Gasteiger partial charge < -0.3 is 19.7 Å². The number of imidazole rings is 1. The summed E-state index contributed by atoms with van der Waals surface area (Å²) < 4.78 is 132. The summed E-state index contributed by atoms with van der Waals surface area (Å²) in [6, 6.07) is -7.07. The molecule has 0 radical (unpaired) electrons. The smallest absolute Gasteiger partial charge is 0.414 e. The highest BCUT2D eigenvalue weighted by Gasteiger charge is 2.49. The monoisotopic (exact) mass is 603 g/mol. The Morgan fingerprint density at radius 3 is 2.27 bits per heavy atom. The second kappa shape index (κ2) is 11.8. The van der Waals surface area contributed by atoms with Gasteiger partial charge in [0.1, 0.15) is 11.8 Å². The van der Waals surface area contributed by atoms with Crippen LogP contribution in [0, 0.1) is 0 Å². The average molecular weight is 603 g/mol. The van der Waals surface area contributed by atoms with Crippen molar-refractivity contribution in [3.8, 4) is 23.0 Å². The van der Waals surface area contributed by atoms with Crippen LogP contribution in [0.1, 0.15) is 31.5 Å². The number of alkyl halides is 9. The minimum atomic E-state index is -5.37. The Labute approximate surface area is 225 Å². The van der Waals surface area contributed by atoms with Crippen LogP contribution in [0.5, 0.6) is 11.6 Å². The molecule has 10 nitrogen and oxygen atoms in total. The van der Waals surface area contributed by atoms with Gasteiger partial charge in [-0.15, -0.1) is 5.10 Å². The van der Waals surface area contributed by atoms with Crippen molar-refractivity contribution in [3.63, 3.8) is 0 Å². The SMILES string of the molecule is CCN(C(=O)NC(CCC(F)(F)F)C(F)(F)F)C(c1cc(-c2nc(OC)c3nccn3n2)c(OC)cn1)C(F)(F)F. The normalized spacial score (nSPS) is 14.0. The van der Waals surface area contributed by atoms with Crippen LogP contribution >= 0.6 is 0 Å². The predicted molar refractivity (Wildman–Crippen MR) is 122 cm³/mol. The Morgan fingerprint density at radius 1 is 1.05 bits per heavy atom. The first kappa shape index (κ1) is 31.5. The Balaban J connectivity index is 2.06. The maximum atomic E-state index is 14.4. The molecule has 3 heterocycles. The van der Waals surface area contributed by atoms with Crippen LogP contribution in [-0.2, 0) is 0 Å². The third-order valence-electron chi connectivity index (χ3n) is 5.68. The summed E-state index contributed by atoms with van der Waals surface area (Å²) in [5.74, 6) is -0.377. The van der Waals surface area contributed by atoms with Gasteiger partial charge in [0.05, 0.1) is 31.7 Å². The fourth-order valence-corrected chi connectivity index (χ4v) is 3.80. The molecule has 3 rings (SSSR count). The Bertz CT molecular complexity index is 1360. The van der Waals surface area contributed by atoms with E-state index in [0.29, 0.717) is 0 Å². The number of halogens is 9. The summed E-state index contributed by atoms with van der Waals surface area (Å²) in [6.07, 6.45) is -15.6. The van der Waals surface area contributed by atoms with E-state index in [9.17, 15) is 44.3 Å². The van der Waals surface area contributed by atoms with Crippen molar-refractivity contribution in [3.05, 3.63) is 30.4 Å². The number of pyridine rings is 1. The molecule has 0 fully saturated rings. The van der Waals surface area contributed by atoms with E-state index in [1.807, 2.05) is 0 Å². The van der Waals surface area contributed by atoms with E-state index in [-0.39, 0.29) is 33.6 Å². The molecule has 3 aromatic heterocycles. The van der Waals surface area contributed by atoms with E-state index in [1.54, 1.807) is 0 Å². The number of rotatable bonds is 9. The number of carbonyl (C=O) groups excluding carboxylic acids is 1. The molecule has 0 saturated heterocycles. The molecule has 0 saturated carbocycles. The quantitative estimate of drug-likeness (QED) is 0.339. The molecule has 3 aromatic rings. The number of hydrogen-bond acceptors (Lipinski definition) is 7. The summed E-state index contributed by atoms with van der Waals surface area (Å²) >= 11 is 0. The average Bonchev–Trinajstić information content (AvgIpc) is 3.35. The van der Waals surface area contributed by atoms with Crippen LogP contribution in [0.4, 0.5) is 44.3 Å². The minimum absolute atomic E-state index is 0.0224. The lowest BCUT2D eigenvalue weighted by molar-refractivity contribution is -0.182. The summed E-state index contributed by atoms with van der Waals surface area (Å²) in [5.41, 5.74) is -0.843. The van der Waals surface area contributed by atoms with E-state index < -0.39 is 61.7 Å². The summed E-state index contributed by atoms with van der Waals surface area (Å²) in [7, 11) is 2.44. The summed E-state index contributed by atoms with van der Waals surface area (Å²) in [6.45, 7) is 0.246. The molecule has 0 aromatic carbocycles. The second-order valence-electron chi connectivity index (χ2n) is 8.38.